The molecule has 8 heteroatoms. The summed E-state index contributed by atoms with van der Waals surface area (Å²) < 4.78 is 22.0. The van der Waals surface area contributed by atoms with Gasteiger partial charge in [0.1, 0.15) is 17.5 Å². The lowest BCUT2D eigenvalue weighted by molar-refractivity contribution is -0.136. The van der Waals surface area contributed by atoms with E-state index in [0.717, 1.165) is 29.0 Å². The van der Waals surface area contributed by atoms with Crippen LogP contribution in [-0.4, -0.2) is 28.8 Å². The van der Waals surface area contributed by atoms with Crippen LogP contribution >= 0.6 is 7.82 Å². The highest BCUT2D eigenvalue weighted by Gasteiger charge is 2.61. The number of carbonyl (C=O) groups excluding carboxylic acids is 1. The number of carbonyl (C=O) groups is 1. The fourth-order valence-electron chi connectivity index (χ4n) is 9.52. The van der Waals surface area contributed by atoms with Gasteiger partial charge in [-0.15, -0.1) is 0 Å². The lowest BCUT2D eigenvalue weighted by Gasteiger charge is -2.61. The van der Waals surface area contributed by atoms with Crippen molar-refractivity contribution in [2.75, 3.05) is 7.05 Å². The van der Waals surface area contributed by atoms with Crippen LogP contribution in [0.15, 0.2) is 24.3 Å². The van der Waals surface area contributed by atoms with E-state index in [9.17, 15) is 9.36 Å². The fourth-order valence-corrected chi connectivity index (χ4v) is 9.91. The van der Waals surface area contributed by atoms with Gasteiger partial charge in [0.2, 0.25) is 0 Å². The molecule has 3 N–H and O–H groups in total. The second kappa shape index (κ2) is 10.8. The van der Waals surface area contributed by atoms with E-state index in [1.54, 1.807) is 19.2 Å². The molecular formula is C34H48NO6P. The lowest BCUT2D eigenvalue weighted by atomic mass is 9.43. The van der Waals surface area contributed by atoms with E-state index >= 15 is 0 Å². The third kappa shape index (κ3) is 5.25. The molecule has 42 heavy (non-hydrogen) atoms. The highest BCUT2D eigenvalue weighted by molar-refractivity contribution is 7.46. The van der Waals surface area contributed by atoms with E-state index in [4.69, 9.17) is 14.5 Å². The second-order valence-corrected chi connectivity index (χ2v) is 15.5. The SMILES string of the molecule is CNC(Cc1ccc(OP(=O)(O)O)cc1)C(=O)Oc1c(C)c(C)c2c(c1C)C[C@H]1C2(C)CCC2C(C)(C)CCC[C@@]21C. The molecule has 2 fully saturated rings. The number of likely N-dealkylation sites (N-methyl/N-ethyl adjacent to an activating group) is 1. The molecule has 3 aliphatic rings. The Hall–Kier alpha value is -2.18. The van der Waals surface area contributed by atoms with Crippen molar-refractivity contribution in [1.82, 2.24) is 5.32 Å². The number of phosphoric ester groups is 1. The number of rotatable bonds is 7. The quantitative estimate of drug-likeness (QED) is 0.182. The minimum atomic E-state index is -4.63. The molecule has 0 spiro atoms. The number of fused-ring (bicyclic) bond motifs is 5. The summed E-state index contributed by atoms with van der Waals surface area (Å²) in [6, 6.07) is 5.78. The molecule has 0 bridgehead atoms. The molecule has 2 saturated carbocycles. The third-order valence-corrected chi connectivity index (χ3v) is 12.0. The maximum absolute atomic E-state index is 13.5. The first-order chi connectivity index (χ1) is 19.5. The van der Waals surface area contributed by atoms with Crippen molar-refractivity contribution < 1.29 is 28.4 Å². The molecule has 2 aromatic rings. The lowest BCUT2D eigenvalue weighted by Crippen LogP contribution is -2.55. The Morgan fingerprint density at radius 2 is 1.67 bits per heavy atom. The van der Waals surface area contributed by atoms with Gasteiger partial charge in [-0.3, -0.25) is 9.79 Å². The van der Waals surface area contributed by atoms with Crippen molar-refractivity contribution in [3.63, 3.8) is 0 Å². The van der Waals surface area contributed by atoms with E-state index in [1.165, 1.54) is 60.9 Å². The van der Waals surface area contributed by atoms with Crippen molar-refractivity contribution in [2.45, 2.75) is 105 Å². The van der Waals surface area contributed by atoms with E-state index in [0.29, 0.717) is 28.9 Å². The van der Waals surface area contributed by atoms with Gasteiger partial charge in [-0.05, 0) is 140 Å². The van der Waals surface area contributed by atoms with Crippen molar-refractivity contribution in [3.8, 4) is 11.5 Å². The van der Waals surface area contributed by atoms with Crippen molar-refractivity contribution in [2.24, 2.45) is 22.7 Å². The normalized spacial score (nSPS) is 28.8. The molecule has 5 rings (SSSR count). The molecule has 0 saturated heterocycles. The standard InChI is InChI=1S/C34H48NO6P/c1-20-21(2)30(40-31(36)26(35-8)18-23-10-12-24(13-11-23)41-42(37,38)39)22(3)25-19-28-33(6)16-9-15-32(4,5)27(33)14-17-34(28,7)29(20)25/h10-13,26-28,35H,9,14-19H2,1-8H3,(H2,37,38,39)/t26?,27?,28-,33+,34?/m1/s1. The summed E-state index contributed by atoms with van der Waals surface area (Å²) in [4.78, 5) is 31.6. The van der Waals surface area contributed by atoms with Crippen molar-refractivity contribution in [3.05, 3.63) is 57.6 Å². The smallest absolute Gasteiger partial charge is 0.425 e. The van der Waals surface area contributed by atoms with Crippen LogP contribution in [0, 0.1) is 43.4 Å². The molecule has 3 aliphatic carbocycles. The fraction of sp³-hybridized carbons (Fsp3) is 0.618. The Morgan fingerprint density at radius 1 is 1.00 bits per heavy atom. The minimum Gasteiger partial charge on any atom is -0.425 e. The van der Waals surface area contributed by atoms with Crippen LogP contribution in [0.2, 0.25) is 0 Å². The Bertz CT molecular complexity index is 1430. The van der Waals surface area contributed by atoms with Crippen LogP contribution in [0.1, 0.15) is 93.2 Å². The first-order valence-electron chi connectivity index (χ1n) is 15.4. The predicted octanol–water partition coefficient (Wildman–Crippen LogP) is 6.88. The average Bonchev–Trinajstić information content (AvgIpc) is 3.22. The number of ether oxygens (including phenoxy) is 1. The summed E-state index contributed by atoms with van der Waals surface area (Å²) in [6.45, 7) is 16.5. The first kappa shape index (κ1) is 31.3. The monoisotopic (exact) mass is 597 g/mol. The molecule has 0 amide bonds. The largest absolute Gasteiger partial charge is 0.524 e. The van der Waals surface area contributed by atoms with Gasteiger partial charge in [-0.2, -0.15) is 0 Å². The Morgan fingerprint density at radius 3 is 2.29 bits per heavy atom. The topological polar surface area (TPSA) is 105 Å². The highest BCUT2D eigenvalue weighted by atomic mass is 31.2. The molecular weight excluding hydrogens is 549 g/mol. The Kier molecular flexibility index (Phi) is 8.01. The van der Waals surface area contributed by atoms with Gasteiger partial charge in [0.15, 0.2) is 0 Å². The number of benzene rings is 2. The summed E-state index contributed by atoms with van der Waals surface area (Å²) in [5.74, 6) is 1.74. The molecule has 3 unspecified atom stereocenters. The van der Waals surface area contributed by atoms with Gasteiger partial charge >= 0.3 is 13.8 Å². The summed E-state index contributed by atoms with van der Waals surface area (Å²) in [5.41, 5.74) is 7.94. The maximum atomic E-state index is 13.5. The van der Waals surface area contributed by atoms with Gasteiger partial charge < -0.3 is 14.6 Å². The van der Waals surface area contributed by atoms with Gasteiger partial charge in [-0.1, -0.05) is 46.2 Å². The summed E-state index contributed by atoms with van der Waals surface area (Å²) >= 11 is 0. The van der Waals surface area contributed by atoms with E-state index < -0.39 is 13.9 Å². The second-order valence-electron chi connectivity index (χ2n) is 14.4. The van der Waals surface area contributed by atoms with Crippen LogP contribution in [0.25, 0.3) is 0 Å². The molecule has 0 heterocycles. The van der Waals surface area contributed by atoms with Gasteiger partial charge in [-0.25, -0.2) is 9.36 Å². The van der Waals surface area contributed by atoms with Crippen LogP contribution in [0.5, 0.6) is 11.5 Å². The number of hydrogen-bond acceptors (Lipinski definition) is 5. The zero-order valence-corrected chi connectivity index (χ0v) is 27.4. The summed E-state index contributed by atoms with van der Waals surface area (Å²) in [6.07, 6.45) is 7.82. The Labute approximate surface area is 251 Å². The molecule has 0 aliphatic heterocycles. The molecule has 5 atom stereocenters. The van der Waals surface area contributed by atoms with Gasteiger partial charge in [0.25, 0.3) is 0 Å². The maximum Gasteiger partial charge on any atom is 0.524 e. The average molecular weight is 598 g/mol. The molecule has 0 aromatic heterocycles. The van der Waals surface area contributed by atoms with Crippen LogP contribution in [0.4, 0.5) is 0 Å². The van der Waals surface area contributed by atoms with E-state index in [-0.39, 0.29) is 17.1 Å². The van der Waals surface area contributed by atoms with Crippen molar-refractivity contribution >= 4 is 13.8 Å². The molecule has 0 radical (unpaired) electrons. The van der Waals surface area contributed by atoms with Gasteiger partial charge in [0.05, 0.1) is 0 Å². The van der Waals surface area contributed by atoms with Crippen molar-refractivity contribution in [1.29, 1.82) is 0 Å². The summed E-state index contributed by atoms with van der Waals surface area (Å²) in [5, 5.41) is 3.09. The Balaban J connectivity index is 1.41. The predicted molar refractivity (Wildman–Crippen MR) is 165 cm³/mol. The number of esters is 1. The van der Waals surface area contributed by atoms with E-state index in [2.05, 4.69) is 58.3 Å². The first-order valence-corrected chi connectivity index (χ1v) is 16.9. The number of phosphoric acid groups is 1. The highest BCUT2D eigenvalue weighted by Crippen LogP contribution is 2.68. The molecule has 2 aromatic carbocycles. The van der Waals surface area contributed by atoms with Crippen LogP contribution in [-0.2, 0) is 27.6 Å². The molecule has 230 valence electrons. The van der Waals surface area contributed by atoms with Crippen LogP contribution < -0.4 is 14.6 Å². The number of hydrogen-bond donors (Lipinski definition) is 3. The zero-order valence-electron chi connectivity index (χ0n) is 26.5. The molecule has 7 nitrogen and oxygen atoms in total. The van der Waals surface area contributed by atoms with E-state index in [1.807, 2.05) is 0 Å². The minimum absolute atomic E-state index is 0.0711. The van der Waals surface area contributed by atoms with Gasteiger partial charge in [0, 0.05) is 0 Å². The number of nitrogens with one attached hydrogen (secondary N) is 1. The zero-order chi connectivity index (χ0) is 30.8. The summed E-state index contributed by atoms with van der Waals surface area (Å²) in [7, 11) is -2.89. The third-order valence-electron chi connectivity index (χ3n) is 11.6. The van der Waals surface area contributed by atoms with Crippen LogP contribution in [0.3, 0.4) is 0 Å².